The summed E-state index contributed by atoms with van der Waals surface area (Å²) in [6.07, 6.45) is 0.722. The van der Waals surface area contributed by atoms with Crippen molar-refractivity contribution >= 4 is 28.2 Å². The summed E-state index contributed by atoms with van der Waals surface area (Å²) in [5, 5.41) is 2.76. The molecule has 0 aliphatic heterocycles. The molecule has 20 heavy (non-hydrogen) atoms. The van der Waals surface area contributed by atoms with Crippen LogP contribution in [0.2, 0.25) is 0 Å². The first-order chi connectivity index (χ1) is 8.49. The zero-order valence-electron chi connectivity index (χ0n) is 13.1. The van der Waals surface area contributed by atoms with Gasteiger partial charge in [-0.1, -0.05) is 27.7 Å². The first-order valence-corrected chi connectivity index (χ1v) is 8.53. The summed E-state index contributed by atoms with van der Waals surface area (Å²) in [4.78, 5) is 11.9. The number of nitrogens with one attached hydrogen (secondary N) is 1. The van der Waals surface area contributed by atoms with Gasteiger partial charge in [-0.15, -0.1) is 12.4 Å². The summed E-state index contributed by atoms with van der Waals surface area (Å²) in [5.74, 6) is -0.493. The highest BCUT2D eigenvalue weighted by Gasteiger charge is 2.28. The highest BCUT2D eigenvalue weighted by atomic mass is 35.5. The molecule has 1 atom stereocenters. The lowest BCUT2D eigenvalue weighted by Gasteiger charge is -2.31. The molecule has 0 aromatic carbocycles. The van der Waals surface area contributed by atoms with Gasteiger partial charge in [-0.05, 0) is 25.2 Å². The van der Waals surface area contributed by atoms with Crippen LogP contribution in [0.5, 0.6) is 0 Å². The number of carbonyl (C=O) groups is 1. The Hall–Kier alpha value is -0.330. The van der Waals surface area contributed by atoms with E-state index in [9.17, 15) is 13.2 Å². The van der Waals surface area contributed by atoms with E-state index in [1.54, 1.807) is 0 Å². The summed E-state index contributed by atoms with van der Waals surface area (Å²) < 4.78 is 23.5. The number of rotatable bonds is 8. The Bertz CT molecular complexity index is 396. The van der Waals surface area contributed by atoms with Crippen LogP contribution in [0.3, 0.4) is 0 Å². The number of nitrogens with two attached hydrogens (primary N) is 1. The summed E-state index contributed by atoms with van der Waals surface area (Å²) in [6, 6.07) is 0. The molecule has 0 aromatic rings. The van der Waals surface area contributed by atoms with Crippen LogP contribution in [-0.4, -0.2) is 37.9 Å². The number of amides is 1. The van der Waals surface area contributed by atoms with Crippen LogP contribution >= 0.6 is 12.4 Å². The van der Waals surface area contributed by atoms with Gasteiger partial charge in [0.05, 0.1) is 5.75 Å². The smallest absolute Gasteiger partial charge is 0.235 e. The van der Waals surface area contributed by atoms with Gasteiger partial charge in [0.25, 0.3) is 0 Å². The average molecular weight is 329 g/mol. The Morgan fingerprint density at radius 2 is 1.70 bits per heavy atom. The van der Waals surface area contributed by atoms with Crippen molar-refractivity contribution in [2.75, 3.05) is 18.1 Å². The molecule has 0 bridgehead atoms. The maximum atomic E-state index is 11.9. The second kappa shape index (κ2) is 8.85. The molecule has 0 heterocycles. The first-order valence-electron chi connectivity index (χ1n) is 6.71. The summed E-state index contributed by atoms with van der Waals surface area (Å²) in [6.45, 7) is 9.85. The van der Waals surface area contributed by atoms with Gasteiger partial charge in [0.15, 0.2) is 9.84 Å². The summed E-state index contributed by atoms with van der Waals surface area (Å²) >= 11 is 0. The first kappa shape index (κ1) is 22.0. The van der Waals surface area contributed by atoms with Crippen molar-refractivity contribution < 1.29 is 13.2 Å². The maximum absolute atomic E-state index is 11.9. The quantitative estimate of drug-likeness (QED) is 0.704. The van der Waals surface area contributed by atoms with Crippen molar-refractivity contribution in [2.45, 2.75) is 46.6 Å². The molecule has 0 aromatic heterocycles. The fourth-order valence-electron chi connectivity index (χ4n) is 2.23. The number of hydrogen-bond donors (Lipinski definition) is 2. The molecule has 122 valence electrons. The fourth-order valence-corrected chi connectivity index (χ4v) is 3.83. The Morgan fingerprint density at radius 3 is 2.05 bits per heavy atom. The highest BCUT2D eigenvalue weighted by Crippen LogP contribution is 2.15. The third-order valence-corrected chi connectivity index (χ3v) is 4.57. The standard InChI is InChI=1S/C13H28N2O3S.ClH/c1-10(2)6-13(5,9-14)15-12(16)8-19(17,18)7-11(3)4;/h10-11H,6-9,14H2,1-5H3,(H,15,16);1H. The normalized spacial score (nSPS) is 14.8. The Balaban J connectivity index is 0. The van der Waals surface area contributed by atoms with Gasteiger partial charge >= 0.3 is 0 Å². The van der Waals surface area contributed by atoms with Gasteiger partial charge in [-0.2, -0.15) is 0 Å². The van der Waals surface area contributed by atoms with Crippen LogP contribution in [0.4, 0.5) is 0 Å². The topological polar surface area (TPSA) is 89.3 Å². The van der Waals surface area contributed by atoms with E-state index in [1.165, 1.54) is 0 Å². The van der Waals surface area contributed by atoms with E-state index in [-0.39, 0.29) is 24.1 Å². The third kappa shape index (κ3) is 9.55. The van der Waals surface area contributed by atoms with Gasteiger partial charge < -0.3 is 11.1 Å². The molecule has 7 heteroatoms. The lowest BCUT2D eigenvalue weighted by molar-refractivity contribution is -0.120. The Kier molecular flexibility index (Phi) is 9.71. The lowest BCUT2D eigenvalue weighted by atomic mass is 9.91. The van der Waals surface area contributed by atoms with Crippen molar-refractivity contribution in [1.29, 1.82) is 0 Å². The molecule has 5 nitrogen and oxygen atoms in total. The molecule has 0 spiro atoms. The SMILES string of the molecule is CC(C)CC(C)(CN)NC(=O)CS(=O)(=O)CC(C)C.Cl. The van der Waals surface area contributed by atoms with Gasteiger partial charge in [-0.25, -0.2) is 8.42 Å². The van der Waals surface area contributed by atoms with E-state index in [1.807, 2.05) is 34.6 Å². The minimum Gasteiger partial charge on any atom is -0.349 e. The van der Waals surface area contributed by atoms with Gasteiger partial charge in [0.1, 0.15) is 5.75 Å². The third-order valence-electron chi connectivity index (χ3n) is 2.69. The number of sulfone groups is 1. The second-order valence-electron chi connectivity index (χ2n) is 6.36. The minimum absolute atomic E-state index is 0. The van der Waals surface area contributed by atoms with Crippen LogP contribution in [-0.2, 0) is 14.6 Å². The molecule has 1 amide bonds. The van der Waals surface area contributed by atoms with Gasteiger partial charge in [0.2, 0.25) is 5.91 Å². The van der Waals surface area contributed by atoms with Crippen molar-refractivity contribution in [2.24, 2.45) is 17.6 Å². The molecular weight excluding hydrogens is 300 g/mol. The zero-order chi connectivity index (χ0) is 15.3. The van der Waals surface area contributed by atoms with E-state index in [4.69, 9.17) is 5.73 Å². The molecule has 0 fully saturated rings. The van der Waals surface area contributed by atoms with Crippen molar-refractivity contribution in [3.63, 3.8) is 0 Å². The van der Waals surface area contributed by atoms with Crippen LogP contribution in [0, 0.1) is 11.8 Å². The van der Waals surface area contributed by atoms with Gasteiger partial charge in [0, 0.05) is 12.1 Å². The van der Waals surface area contributed by atoms with Crippen LogP contribution in [0.25, 0.3) is 0 Å². The summed E-state index contributed by atoms with van der Waals surface area (Å²) in [5.41, 5.74) is 5.14. The predicted molar refractivity (Wildman–Crippen MR) is 85.8 cm³/mol. The van der Waals surface area contributed by atoms with Crippen molar-refractivity contribution in [3.8, 4) is 0 Å². The highest BCUT2D eigenvalue weighted by molar-refractivity contribution is 7.92. The van der Waals surface area contributed by atoms with Gasteiger partial charge in [-0.3, -0.25) is 4.79 Å². The molecule has 3 N–H and O–H groups in total. The molecular formula is C13H29ClN2O3S. The molecule has 0 aliphatic rings. The van der Waals surface area contributed by atoms with Crippen molar-refractivity contribution in [3.05, 3.63) is 0 Å². The molecule has 1 unspecified atom stereocenters. The number of hydrogen-bond acceptors (Lipinski definition) is 4. The van der Waals surface area contributed by atoms with Crippen LogP contribution in [0.15, 0.2) is 0 Å². The Morgan fingerprint density at radius 1 is 1.20 bits per heavy atom. The zero-order valence-corrected chi connectivity index (χ0v) is 14.7. The fraction of sp³-hybridized carbons (Fsp3) is 0.923. The predicted octanol–water partition coefficient (Wildman–Crippen LogP) is 1.36. The average Bonchev–Trinajstić information content (AvgIpc) is 2.11. The monoisotopic (exact) mass is 328 g/mol. The lowest BCUT2D eigenvalue weighted by Crippen LogP contribution is -2.53. The van der Waals surface area contributed by atoms with E-state index >= 15 is 0 Å². The molecule has 0 radical (unpaired) electrons. The van der Waals surface area contributed by atoms with Crippen LogP contribution in [0.1, 0.15) is 41.0 Å². The number of halogens is 1. The van der Waals surface area contributed by atoms with E-state index in [2.05, 4.69) is 5.32 Å². The molecule has 0 saturated heterocycles. The number of carbonyl (C=O) groups excluding carboxylic acids is 1. The second-order valence-corrected chi connectivity index (χ2v) is 8.47. The van der Waals surface area contributed by atoms with Crippen molar-refractivity contribution in [1.82, 2.24) is 5.32 Å². The summed E-state index contributed by atoms with van der Waals surface area (Å²) in [7, 11) is -3.34. The van der Waals surface area contributed by atoms with E-state index < -0.39 is 27.0 Å². The molecule has 0 rings (SSSR count). The van der Waals surface area contributed by atoms with E-state index in [0.29, 0.717) is 12.5 Å². The molecule has 0 saturated carbocycles. The van der Waals surface area contributed by atoms with E-state index in [0.717, 1.165) is 6.42 Å². The maximum Gasteiger partial charge on any atom is 0.235 e. The molecule has 0 aliphatic carbocycles. The largest absolute Gasteiger partial charge is 0.349 e. The van der Waals surface area contributed by atoms with Crippen LogP contribution < -0.4 is 11.1 Å². The Labute approximate surface area is 129 Å². The minimum atomic E-state index is -3.34.